The van der Waals surface area contributed by atoms with Crippen LogP contribution < -0.4 is 21.3 Å². The predicted molar refractivity (Wildman–Crippen MR) is 132 cm³/mol. The monoisotopic (exact) mass is 517 g/mol. The molecule has 0 bridgehead atoms. The molecular weight excluding hydrogens is 488 g/mol. The zero-order valence-corrected chi connectivity index (χ0v) is 20.6. The van der Waals surface area contributed by atoms with Crippen LogP contribution in [0, 0.1) is 0 Å². The molecule has 0 aliphatic rings. The lowest BCUT2D eigenvalue weighted by Gasteiger charge is -2.25. The number of rotatable bonds is 8. The molecule has 0 saturated carbocycles. The third kappa shape index (κ3) is 6.21. The van der Waals surface area contributed by atoms with Crippen molar-refractivity contribution in [1.82, 2.24) is 30.8 Å². The second kappa shape index (κ2) is 10.5. The number of carbonyl (C=O) groups excluding carboxylic acids is 2. The van der Waals surface area contributed by atoms with Crippen molar-refractivity contribution in [1.29, 1.82) is 0 Å². The van der Waals surface area contributed by atoms with Crippen molar-refractivity contribution in [2.45, 2.75) is 24.3 Å². The van der Waals surface area contributed by atoms with Crippen LogP contribution in [0.4, 0.5) is 27.9 Å². The predicted octanol–water partition coefficient (Wildman–Crippen LogP) is 2.11. The third-order valence-electron chi connectivity index (χ3n) is 4.89. The Balaban J connectivity index is 1.95. The molecule has 3 aromatic heterocycles. The molecule has 13 nitrogen and oxygen atoms in total. The lowest BCUT2D eigenvalue weighted by Crippen LogP contribution is -2.40. The molecule has 2 amide bonds. The number of sulfone groups is 1. The summed E-state index contributed by atoms with van der Waals surface area (Å²) in [6.07, 6.45) is 3.25. The van der Waals surface area contributed by atoms with Gasteiger partial charge in [-0.05, 0) is 37.6 Å². The van der Waals surface area contributed by atoms with E-state index in [0.29, 0.717) is 11.4 Å². The maximum atomic E-state index is 12.6. The van der Waals surface area contributed by atoms with E-state index in [1.54, 1.807) is 26.0 Å². The van der Waals surface area contributed by atoms with Crippen LogP contribution in [-0.2, 0) is 20.1 Å². The summed E-state index contributed by atoms with van der Waals surface area (Å²) >= 11 is 0. The standard InChI is InChI=1S/C22H26N8O5S/c1-22(2,28-21(32)35-4)13-8-9-16(25-12-13)27-17-11-14(18(30-29-17)20(31)23-3)26-19-15(36(5,33)34)7-6-10-24-19/h6-12H,1-5H3,(H,23,31)(H,28,32)(H2,24,25,26,27,29)/i3D3. The Kier molecular flexibility index (Phi) is 6.47. The first kappa shape index (κ1) is 22.2. The molecule has 0 aliphatic heterocycles. The molecule has 3 heterocycles. The normalized spacial score (nSPS) is 12.9. The van der Waals surface area contributed by atoms with Crippen LogP contribution in [0.5, 0.6) is 0 Å². The minimum atomic E-state index is -3.71. The second-order valence-electron chi connectivity index (χ2n) is 7.99. The van der Waals surface area contributed by atoms with Gasteiger partial charge < -0.3 is 26.0 Å². The maximum Gasteiger partial charge on any atom is 0.407 e. The van der Waals surface area contributed by atoms with E-state index in [4.69, 9.17) is 4.11 Å². The molecule has 4 N–H and O–H groups in total. The summed E-state index contributed by atoms with van der Waals surface area (Å²) < 4.78 is 51.0. The highest BCUT2D eigenvalue weighted by Gasteiger charge is 2.24. The van der Waals surface area contributed by atoms with Gasteiger partial charge in [0.15, 0.2) is 21.3 Å². The number of amides is 2. The average molecular weight is 518 g/mol. The third-order valence-corrected chi connectivity index (χ3v) is 6.02. The van der Waals surface area contributed by atoms with Gasteiger partial charge in [0.2, 0.25) is 0 Å². The number of hydrogen-bond acceptors (Lipinski definition) is 11. The van der Waals surface area contributed by atoms with E-state index in [-0.39, 0.29) is 22.2 Å². The number of methoxy groups -OCH3 is 1. The Labute approximate surface area is 212 Å². The highest BCUT2D eigenvalue weighted by Crippen LogP contribution is 2.27. The fraction of sp³-hybridized carbons (Fsp3) is 0.273. The summed E-state index contributed by atoms with van der Waals surface area (Å²) in [7, 11) is -2.45. The summed E-state index contributed by atoms with van der Waals surface area (Å²) in [5.41, 5.74) is -0.599. The highest BCUT2D eigenvalue weighted by molar-refractivity contribution is 7.90. The average Bonchev–Trinajstić information content (AvgIpc) is 2.83. The highest BCUT2D eigenvalue weighted by atomic mass is 32.2. The van der Waals surface area contributed by atoms with Gasteiger partial charge >= 0.3 is 6.09 Å². The molecule has 0 aromatic carbocycles. The quantitative estimate of drug-likeness (QED) is 0.344. The number of hydrogen-bond donors (Lipinski definition) is 4. The molecule has 3 aromatic rings. The number of nitrogens with zero attached hydrogens (tertiary/aromatic N) is 4. The van der Waals surface area contributed by atoms with E-state index < -0.39 is 40.0 Å². The Morgan fingerprint density at radius 2 is 1.86 bits per heavy atom. The van der Waals surface area contributed by atoms with Crippen molar-refractivity contribution >= 4 is 45.0 Å². The molecule has 0 unspecified atom stereocenters. The van der Waals surface area contributed by atoms with Gasteiger partial charge in [-0.2, -0.15) is 0 Å². The van der Waals surface area contributed by atoms with Crippen LogP contribution in [-0.4, -0.2) is 60.9 Å². The fourth-order valence-corrected chi connectivity index (χ4v) is 3.81. The first-order valence-electron chi connectivity index (χ1n) is 11.8. The summed E-state index contributed by atoms with van der Waals surface area (Å²) in [5.74, 6) is -0.768. The van der Waals surface area contributed by atoms with E-state index in [9.17, 15) is 18.0 Å². The smallest absolute Gasteiger partial charge is 0.407 e. The van der Waals surface area contributed by atoms with E-state index in [0.717, 1.165) is 6.26 Å². The molecule has 36 heavy (non-hydrogen) atoms. The Morgan fingerprint density at radius 3 is 2.50 bits per heavy atom. The fourth-order valence-electron chi connectivity index (χ4n) is 3.03. The molecule has 14 heteroatoms. The molecule has 0 radical (unpaired) electrons. The van der Waals surface area contributed by atoms with Crippen molar-refractivity contribution in [2.24, 2.45) is 0 Å². The Morgan fingerprint density at radius 1 is 1.08 bits per heavy atom. The van der Waals surface area contributed by atoms with Crippen LogP contribution in [0.25, 0.3) is 0 Å². The van der Waals surface area contributed by atoms with Crippen molar-refractivity contribution in [2.75, 3.05) is 31.0 Å². The van der Waals surface area contributed by atoms with Gasteiger partial charge in [-0.25, -0.2) is 23.2 Å². The Hall–Kier alpha value is -4.33. The van der Waals surface area contributed by atoms with Crippen molar-refractivity contribution in [3.8, 4) is 0 Å². The minimum absolute atomic E-state index is 0.0714. The van der Waals surface area contributed by atoms with Gasteiger partial charge in [0.05, 0.1) is 18.3 Å². The van der Waals surface area contributed by atoms with Crippen molar-refractivity contribution in [3.05, 3.63) is 54.0 Å². The Bertz CT molecular complexity index is 1480. The number of carbonyl (C=O) groups is 2. The van der Waals surface area contributed by atoms with Crippen molar-refractivity contribution in [3.63, 3.8) is 0 Å². The number of nitrogens with one attached hydrogen (secondary N) is 4. The van der Waals surface area contributed by atoms with Crippen molar-refractivity contribution < 1.29 is 26.9 Å². The zero-order chi connectivity index (χ0) is 29.0. The van der Waals surface area contributed by atoms with Crippen LogP contribution in [0.2, 0.25) is 0 Å². The lowest BCUT2D eigenvalue weighted by molar-refractivity contribution is 0.0958. The van der Waals surface area contributed by atoms with Gasteiger partial charge in [0.25, 0.3) is 5.91 Å². The molecular formula is C22H26N8O5S. The van der Waals surface area contributed by atoms with Gasteiger partial charge in [0.1, 0.15) is 16.5 Å². The van der Waals surface area contributed by atoms with E-state index in [2.05, 4.69) is 40.9 Å². The number of ether oxygens (including phenoxy) is 1. The van der Waals surface area contributed by atoms with E-state index in [1.165, 1.54) is 37.7 Å². The topological polar surface area (TPSA) is 177 Å². The zero-order valence-electron chi connectivity index (χ0n) is 22.8. The number of pyridine rings is 2. The maximum absolute atomic E-state index is 12.6. The first-order valence-corrected chi connectivity index (χ1v) is 12.2. The molecule has 0 spiro atoms. The van der Waals surface area contributed by atoms with E-state index >= 15 is 0 Å². The first-order chi connectivity index (χ1) is 18.1. The summed E-state index contributed by atoms with van der Waals surface area (Å²) in [6, 6.07) is 7.39. The lowest BCUT2D eigenvalue weighted by atomic mass is 9.96. The van der Waals surface area contributed by atoms with Gasteiger partial charge in [-0.3, -0.25) is 4.79 Å². The van der Waals surface area contributed by atoms with E-state index in [1.807, 2.05) is 5.32 Å². The van der Waals surface area contributed by atoms with Gasteiger partial charge in [-0.15, -0.1) is 10.2 Å². The van der Waals surface area contributed by atoms with Gasteiger partial charge in [0, 0.05) is 35.8 Å². The van der Waals surface area contributed by atoms with Crippen LogP contribution in [0.1, 0.15) is 34.0 Å². The summed E-state index contributed by atoms with van der Waals surface area (Å²) in [6.45, 7) is 0.726. The SMILES string of the molecule is [2H]C([2H])([2H])NC(=O)c1nnc(Nc2ccc(C(C)(C)NC(=O)OC)cn2)cc1Nc1ncccc1S(C)(=O)=O. The molecule has 3 rings (SSSR count). The molecule has 0 saturated heterocycles. The molecule has 0 fully saturated rings. The number of alkyl carbamates (subject to hydrolysis) is 1. The van der Waals surface area contributed by atoms with Gasteiger partial charge in [-0.1, -0.05) is 6.07 Å². The largest absolute Gasteiger partial charge is 0.453 e. The molecule has 0 aliphatic carbocycles. The summed E-state index contributed by atoms with van der Waals surface area (Å²) in [5, 5.41) is 17.9. The molecule has 190 valence electrons. The number of anilines is 4. The minimum Gasteiger partial charge on any atom is -0.453 e. The summed E-state index contributed by atoms with van der Waals surface area (Å²) in [4.78, 5) is 32.4. The number of aromatic nitrogens is 4. The molecule has 0 atom stereocenters. The van der Waals surface area contributed by atoms with Crippen LogP contribution in [0.3, 0.4) is 0 Å². The van der Waals surface area contributed by atoms with Crippen LogP contribution >= 0.6 is 0 Å². The second-order valence-corrected chi connectivity index (χ2v) is 9.98. The van der Waals surface area contributed by atoms with Crippen LogP contribution in [0.15, 0.2) is 47.6 Å².